The molecule has 116 valence electrons. The Kier molecular flexibility index (Phi) is 3.93. The fourth-order valence-corrected chi connectivity index (χ4v) is 4.10. The summed E-state index contributed by atoms with van der Waals surface area (Å²) in [5.74, 6) is 0.691. The zero-order chi connectivity index (χ0) is 15.0. The lowest BCUT2D eigenvalue weighted by Gasteiger charge is -2.48. The van der Waals surface area contributed by atoms with Gasteiger partial charge in [0.1, 0.15) is 0 Å². The van der Waals surface area contributed by atoms with Crippen molar-refractivity contribution in [3.05, 3.63) is 23.9 Å². The van der Waals surface area contributed by atoms with Crippen LogP contribution in [0, 0.1) is 0 Å². The maximum absolute atomic E-state index is 5.12. The highest BCUT2D eigenvalue weighted by Crippen LogP contribution is 2.36. The van der Waals surface area contributed by atoms with Crippen molar-refractivity contribution in [2.24, 2.45) is 0 Å². The van der Waals surface area contributed by atoms with E-state index in [0.29, 0.717) is 11.4 Å². The third-order valence-corrected chi connectivity index (χ3v) is 4.75. The summed E-state index contributed by atoms with van der Waals surface area (Å²) in [6, 6.07) is 5.52. The Morgan fingerprint density at radius 2 is 1.86 bits per heavy atom. The second-order valence-corrected chi connectivity index (χ2v) is 7.37. The van der Waals surface area contributed by atoms with E-state index in [2.05, 4.69) is 41.6 Å². The average Bonchev–Trinajstić information content (AvgIpc) is 2.72. The summed E-state index contributed by atoms with van der Waals surface area (Å²) in [5, 5.41) is 0. The third kappa shape index (κ3) is 3.06. The van der Waals surface area contributed by atoms with E-state index in [1.165, 1.54) is 31.5 Å². The number of ether oxygens (including phenoxy) is 1. The fraction of sp³-hybridized carbons (Fsp3) is 0.706. The molecular formula is C17H27N3O. The summed E-state index contributed by atoms with van der Waals surface area (Å²) in [6.07, 6.45) is 4.63. The number of piperazine rings is 1. The number of likely N-dealkylation sites (tertiary alicyclic amines) is 1. The summed E-state index contributed by atoms with van der Waals surface area (Å²) < 4.78 is 5.12. The smallest absolute Gasteiger partial charge is 0.212 e. The lowest BCUT2D eigenvalue weighted by Crippen LogP contribution is -2.59. The standard InChI is InChI=1S/C17H27N3O/c1-17(2,3)20-14-6-7-15(20)12-19(11-14)10-13-5-8-16(21-4)18-9-13/h5,8-9,14-15H,6-7,10-12H2,1-4H3. The Bertz CT molecular complexity index is 466. The van der Waals surface area contributed by atoms with Crippen molar-refractivity contribution in [1.29, 1.82) is 0 Å². The summed E-state index contributed by atoms with van der Waals surface area (Å²) >= 11 is 0. The molecule has 1 aromatic rings. The molecule has 3 heterocycles. The van der Waals surface area contributed by atoms with Crippen molar-refractivity contribution in [2.45, 2.75) is 57.8 Å². The maximum atomic E-state index is 5.12. The highest BCUT2D eigenvalue weighted by atomic mass is 16.5. The van der Waals surface area contributed by atoms with E-state index in [1.54, 1.807) is 7.11 Å². The summed E-state index contributed by atoms with van der Waals surface area (Å²) in [4.78, 5) is 9.65. The molecule has 2 aliphatic heterocycles. The van der Waals surface area contributed by atoms with E-state index in [-0.39, 0.29) is 0 Å². The molecule has 0 spiro atoms. The van der Waals surface area contributed by atoms with E-state index in [9.17, 15) is 0 Å². The van der Waals surface area contributed by atoms with Crippen molar-refractivity contribution in [2.75, 3.05) is 20.2 Å². The molecule has 0 N–H and O–H groups in total. The van der Waals surface area contributed by atoms with Gasteiger partial charge < -0.3 is 4.74 Å². The van der Waals surface area contributed by atoms with Gasteiger partial charge in [-0.25, -0.2) is 4.98 Å². The minimum atomic E-state index is 0.291. The molecular weight excluding hydrogens is 262 g/mol. The monoisotopic (exact) mass is 289 g/mol. The third-order valence-electron chi connectivity index (χ3n) is 4.75. The first-order valence-electron chi connectivity index (χ1n) is 7.97. The molecule has 4 heteroatoms. The summed E-state index contributed by atoms with van der Waals surface area (Å²) in [6.45, 7) is 10.4. The molecule has 0 saturated carbocycles. The molecule has 2 unspecified atom stereocenters. The van der Waals surface area contributed by atoms with E-state index in [1.807, 2.05) is 12.3 Å². The Labute approximate surface area is 128 Å². The zero-order valence-corrected chi connectivity index (χ0v) is 13.7. The number of aromatic nitrogens is 1. The molecule has 2 fully saturated rings. The van der Waals surface area contributed by atoms with Crippen LogP contribution in [0.3, 0.4) is 0 Å². The average molecular weight is 289 g/mol. The van der Waals surface area contributed by atoms with Crippen LogP contribution in [0.2, 0.25) is 0 Å². The quantitative estimate of drug-likeness (QED) is 0.855. The van der Waals surface area contributed by atoms with Gasteiger partial charge in [0.05, 0.1) is 7.11 Å². The Balaban J connectivity index is 1.65. The minimum Gasteiger partial charge on any atom is -0.481 e. The predicted molar refractivity (Wildman–Crippen MR) is 84.5 cm³/mol. The molecule has 21 heavy (non-hydrogen) atoms. The van der Waals surface area contributed by atoms with Crippen molar-refractivity contribution in [3.8, 4) is 5.88 Å². The number of pyridine rings is 1. The van der Waals surface area contributed by atoms with Gasteiger partial charge >= 0.3 is 0 Å². The van der Waals surface area contributed by atoms with Crippen molar-refractivity contribution >= 4 is 0 Å². The van der Waals surface area contributed by atoms with Crippen LogP contribution in [-0.4, -0.2) is 52.6 Å². The largest absolute Gasteiger partial charge is 0.481 e. The first-order valence-corrected chi connectivity index (χ1v) is 7.97. The van der Waals surface area contributed by atoms with Gasteiger partial charge in [-0.2, -0.15) is 0 Å². The lowest BCUT2D eigenvalue weighted by atomic mass is 10.0. The number of rotatable bonds is 3. The molecule has 0 amide bonds. The van der Waals surface area contributed by atoms with Crippen LogP contribution in [-0.2, 0) is 6.54 Å². The second kappa shape index (κ2) is 5.58. The predicted octanol–water partition coefficient (Wildman–Crippen LogP) is 2.54. The molecule has 2 aliphatic rings. The van der Waals surface area contributed by atoms with Crippen molar-refractivity contribution in [1.82, 2.24) is 14.8 Å². The van der Waals surface area contributed by atoms with E-state index in [0.717, 1.165) is 18.6 Å². The van der Waals surface area contributed by atoms with Crippen molar-refractivity contribution in [3.63, 3.8) is 0 Å². The fourth-order valence-electron chi connectivity index (χ4n) is 4.10. The molecule has 2 bridgehead atoms. The van der Waals surface area contributed by atoms with Gasteiger partial charge in [0.2, 0.25) is 5.88 Å². The van der Waals surface area contributed by atoms with Gasteiger partial charge in [0.25, 0.3) is 0 Å². The second-order valence-electron chi connectivity index (χ2n) is 7.37. The normalized spacial score (nSPS) is 27.0. The topological polar surface area (TPSA) is 28.6 Å². The Morgan fingerprint density at radius 3 is 2.33 bits per heavy atom. The van der Waals surface area contributed by atoms with Crippen LogP contribution < -0.4 is 4.74 Å². The molecule has 1 aromatic heterocycles. The van der Waals surface area contributed by atoms with Gasteiger partial charge in [-0.1, -0.05) is 6.07 Å². The Hall–Kier alpha value is -1.13. The summed E-state index contributed by atoms with van der Waals surface area (Å²) in [5.41, 5.74) is 1.57. The van der Waals surface area contributed by atoms with Crippen LogP contribution in [0.25, 0.3) is 0 Å². The number of hydrogen-bond acceptors (Lipinski definition) is 4. The minimum absolute atomic E-state index is 0.291. The first kappa shape index (κ1) is 14.8. The molecule has 2 atom stereocenters. The van der Waals surface area contributed by atoms with E-state index >= 15 is 0 Å². The van der Waals surface area contributed by atoms with E-state index < -0.39 is 0 Å². The SMILES string of the molecule is COc1ccc(CN2CC3CCC(C2)N3C(C)(C)C)cn1. The van der Waals surface area contributed by atoms with Crippen molar-refractivity contribution < 1.29 is 4.74 Å². The number of methoxy groups -OCH3 is 1. The highest BCUT2D eigenvalue weighted by molar-refractivity contribution is 5.18. The number of hydrogen-bond donors (Lipinski definition) is 0. The van der Waals surface area contributed by atoms with Crippen LogP contribution in [0.1, 0.15) is 39.2 Å². The van der Waals surface area contributed by atoms with Crippen LogP contribution >= 0.6 is 0 Å². The van der Waals surface area contributed by atoms with E-state index in [4.69, 9.17) is 4.74 Å². The molecule has 4 nitrogen and oxygen atoms in total. The lowest BCUT2D eigenvalue weighted by molar-refractivity contribution is -0.000465. The van der Waals surface area contributed by atoms with Crippen LogP contribution in [0.5, 0.6) is 5.88 Å². The first-order chi connectivity index (χ1) is 9.97. The molecule has 0 aliphatic carbocycles. The number of fused-ring (bicyclic) bond motifs is 2. The van der Waals surface area contributed by atoms with Gasteiger partial charge in [0, 0.05) is 49.5 Å². The van der Waals surface area contributed by atoms with Gasteiger partial charge in [-0.15, -0.1) is 0 Å². The van der Waals surface area contributed by atoms with Crippen LogP contribution in [0.4, 0.5) is 0 Å². The van der Waals surface area contributed by atoms with Gasteiger partial charge in [0.15, 0.2) is 0 Å². The number of nitrogens with zero attached hydrogens (tertiary/aromatic N) is 3. The molecule has 3 rings (SSSR count). The van der Waals surface area contributed by atoms with Gasteiger partial charge in [-0.05, 0) is 39.2 Å². The van der Waals surface area contributed by atoms with Crippen LogP contribution in [0.15, 0.2) is 18.3 Å². The molecule has 2 saturated heterocycles. The Morgan fingerprint density at radius 1 is 1.19 bits per heavy atom. The maximum Gasteiger partial charge on any atom is 0.212 e. The molecule has 0 aromatic carbocycles. The summed E-state index contributed by atoms with van der Waals surface area (Å²) in [7, 11) is 1.66. The highest BCUT2D eigenvalue weighted by Gasteiger charge is 2.44. The molecule has 0 radical (unpaired) electrons. The zero-order valence-electron chi connectivity index (χ0n) is 13.7. The van der Waals surface area contributed by atoms with Gasteiger partial charge in [-0.3, -0.25) is 9.80 Å².